The number of rotatable bonds is 5. The third-order valence-corrected chi connectivity index (χ3v) is 8.65. The Morgan fingerprint density at radius 2 is 1.93 bits per heavy atom. The van der Waals surface area contributed by atoms with E-state index >= 15 is 0 Å². The van der Waals surface area contributed by atoms with Gasteiger partial charge in [0.05, 0.1) is 5.69 Å². The van der Waals surface area contributed by atoms with Gasteiger partial charge < -0.3 is 5.32 Å². The summed E-state index contributed by atoms with van der Waals surface area (Å²) in [4.78, 5) is 22.8. The van der Waals surface area contributed by atoms with E-state index in [1.54, 1.807) is 6.20 Å². The normalized spacial score (nSPS) is 31.7. The van der Waals surface area contributed by atoms with Gasteiger partial charge in [-0.1, -0.05) is 6.92 Å². The molecule has 1 atom stereocenters. The van der Waals surface area contributed by atoms with E-state index in [0.29, 0.717) is 5.41 Å². The fourth-order valence-corrected chi connectivity index (χ4v) is 7.70. The Bertz CT molecular complexity index is 840. The fraction of sp³-hybridized carbons (Fsp3) is 0.609. The molecule has 28 heavy (non-hydrogen) atoms. The minimum Gasteiger partial charge on any atom is -0.348 e. The summed E-state index contributed by atoms with van der Waals surface area (Å²) in [5.41, 5.74) is 2.13. The van der Waals surface area contributed by atoms with E-state index in [4.69, 9.17) is 0 Å². The summed E-state index contributed by atoms with van der Waals surface area (Å²) in [5, 5.41) is 4.34. The molecule has 0 unspecified atom stereocenters. The molecule has 4 bridgehead atoms. The lowest BCUT2D eigenvalue weighted by atomic mass is 9.47. The highest BCUT2D eigenvalue weighted by atomic mass is 32.1. The predicted octanol–water partition coefficient (Wildman–Crippen LogP) is 5.24. The SMILES string of the molecule is CC[C@@H](NC(=O)c1sc(-c2cccnc2)nc1C)C12CC3CC(CC(C3)C1)C2. The van der Waals surface area contributed by atoms with Gasteiger partial charge in [0.15, 0.2) is 0 Å². The molecule has 0 aromatic carbocycles. The molecule has 4 saturated carbocycles. The molecule has 1 amide bonds. The Balaban J connectivity index is 1.37. The van der Waals surface area contributed by atoms with Crippen LogP contribution in [0.2, 0.25) is 0 Å². The van der Waals surface area contributed by atoms with E-state index in [1.807, 2.05) is 25.3 Å². The van der Waals surface area contributed by atoms with Gasteiger partial charge in [-0.25, -0.2) is 4.98 Å². The number of hydrogen-bond acceptors (Lipinski definition) is 4. The van der Waals surface area contributed by atoms with Gasteiger partial charge in [0.1, 0.15) is 9.88 Å². The first-order valence-electron chi connectivity index (χ1n) is 10.7. The minimum absolute atomic E-state index is 0.0627. The maximum absolute atomic E-state index is 13.2. The molecule has 0 spiro atoms. The van der Waals surface area contributed by atoms with Crippen LogP contribution in [0.4, 0.5) is 0 Å². The molecule has 0 radical (unpaired) electrons. The van der Waals surface area contributed by atoms with Crippen molar-refractivity contribution in [2.45, 2.75) is 64.8 Å². The second-order valence-corrected chi connectivity index (χ2v) is 10.4. The van der Waals surface area contributed by atoms with Crippen molar-refractivity contribution in [3.05, 3.63) is 35.1 Å². The van der Waals surface area contributed by atoms with Crippen molar-refractivity contribution in [3.63, 3.8) is 0 Å². The van der Waals surface area contributed by atoms with Crippen molar-refractivity contribution >= 4 is 17.2 Å². The lowest BCUT2D eigenvalue weighted by molar-refractivity contribution is -0.0727. The van der Waals surface area contributed by atoms with Crippen molar-refractivity contribution in [3.8, 4) is 10.6 Å². The molecular formula is C23H29N3OS. The molecule has 4 aliphatic carbocycles. The third-order valence-electron chi connectivity index (χ3n) is 7.45. The van der Waals surface area contributed by atoms with Gasteiger partial charge in [0.25, 0.3) is 5.91 Å². The van der Waals surface area contributed by atoms with Crippen LogP contribution in [-0.4, -0.2) is 21.9 Å². The van der Waals surface area contributed by atoms with E-state index in [9.17, 15) is 4.79 Å². The molecule has 4 nitrogen and oxygen atoms in total. The number of thiazole rings is 1. The number of hydrogen-bond donors (Lipinski definition) is 1. The molecule has 2 aromatic rings. The first kappa shape index (κ1) is 18.3. The summed E-state index contributed by atoms with van der Waals surface area (Å²) in [7, 11) is 0. The average Bonchev–Trinajstić information content (AvgIpc) is 3.07. The van der Waals surface area contributed by atoms with Gasteiger partial charge >= 0.3 is 0 Å². The van der Waals surface area contributed by atoms with Crippen molar-refractivity contribution in [2.75, 3.05) is 0 Å². The minimum atomic E-state index is 0.0627. The van der Waals surface area contributed by atoms with Gasteiger partial charge in [-0.2, -0.15) is 0 Å². The Hall–Kier alpha value is -1.75. The number of carbonyl (C=O) groups excluding carboxylic acids is 1. The molecular weight excluding hydrogens is 366 g/mol. The van der Waals surface area contributed by atoms with Crippen LogP contribution in [0.3, 0.4) is 0 Å². The van der Waals surface area contributed by atoms with Crippen LogP contribution in [0, 0.1) is 30.1 Å². The zero-order valence-corrected chi connectivity index (χ0v) is 17.6. The maximum Gasteiger partial charge on any atom is 0.263 e. The monoisotopic (exact) mass is 395 g/mol. The van der Waals surface area contributed by atoms with Crippen molar-refractivity contribution in [1.29, 1.82) is 0 Å². The molecule has 1 N–H and O–H groups in total. The third kappa shape index (κ3) is 3.08. The predicted molar refractivity (Wildman–Crippen MR) is 112 cm³/mol. The highest BCUT2D eigenvalue weighted by molar-refractivity contribution is 7.17. The molecule has 2 aromatic heterocycles. The highest BCUT2D eigenvalue weighted by Crippen LogP contribution is 2.61. The first-order valence-corrected chi connectivity index (χ1v) is 11.6. The van der Waals surface area contributed by atoms with Crippen LogP contribution in [0.5, 0.6) is 0 Å². The van der Waals surface area contributed by atoms with Gasteiger partial charge in [0.2, 0.25) is 0 Å². The van der Waals surface area contributed by atoms with Crippen LogP contribution < -0.4 is 5.32 Å². The Morgan fingerprint density at radius 1 is 1.25 bits per heavy atom. The number of aryl methyl sites for hydroxylation is 1. The molecule has 5 heteroatoms. The van der Waals surface area contributed by atoms with E-state index in [2.05, 4.69) is 22.2 Å². The van der Waals surface area contributed by atoms with E-state index in [0.717, 1.165) is 45.3 Å². The quantitative estimate of drug-likeness (QED) is 0.753. The van der Waals surface area contributed by atoms with Crippen molar-refractivity contribution < 1.29 is 4.79 Å². The summed E-state index contributed by atoms with van der Waals surface area (Å²) < 4.78 is 0. The molecule has 4 aliphatic rings. The van der Waals surface area contributed by atoms with Gasteiger partial charge in [0, 0.05) is 24.0 Å². The van der Waals surface area contributed by atoms with Crippen molar-refractivity contribution in [1.82, 2.24) is 15.3 Å². The van der Waals surface area contributed by atoms with E-state index in [-0.39, 0.29) is 11.9 Å². The van der Waals surface area contributed by atoms with Gasteiger partial charge in [-0.05, 0) is 87.2 Å². The molecule has 148 valence electrons. The molecule has 6 rings (SSSR count). The number of nitrogens with zero attached hydrogens (tertiary/aromatic N) is 2. The lowest BCUT2D eigenvalue weighted by Crippen LogP contribution is -2.56. The maximum atomic E-state index is 13.2. The number of amides is 1. The molecule has 0 saturated heterocycles. The number of nitrogens with one attached hydrogen (secondary N) is 1. The Labute approximate surface area is 171 Å². The summed E-state index contributed by atoms with van der Waals surface area (Å²) in [5.74, 6) is 2.77. The van der Waals surface area contributed by atoms with Crippen molar-refractivity contribution in [2.24, 2.45) is 23.2 Å². The summed E-state index contributed by atoms with van der Waals surface area (Å²) >= 11 is 1.49. The Morgan fingerprint density at radius 3 is 2.50 bits per heavy atom. The number of aromatic nitrogens is 2. The highest BCUT2D eigenvalue weighted by Gasteiger charge is 2.54. The number of pyridine rings is 1. The zero-order valence-electron chi connectivity index (χ0n) is 16.8. The lowest BCUT2D eigenvalue weighted by Gasteiger charge is -2.59. The molecule has 4 fully saturated rings. The van der Waals surface area contributed by atoms with Crippen LogP contribution >= 0.6 is 11.3 Å². The molecule has 2 heterocycles. The van der Waals surface area contributed by atoms with Crippen LogP contribution in [0.15, 0.2) is 24.5 Å². The van der Waals surface area contributed by atoms with E-state index in [1.165, 1.54) is 49.9 Å². The van der Waals surface area contributed by atoms with Crippen LogP contribution in [-0.2, 0) is 0 Å². The summed E-state index contributed by atoms with van der Waals surface area (Å²) in [6.07, 6.45) is 12.9. The largest absolute Gasteiger partial charge is 0.348 e. The average molecular weight is 396 g/mol. The fourth-order valence-electron chi connectivity index (χ4n) is 6.74. The van der Waals surface area contributed by atoms with Gasteiger partial charge in [-0.3, -0.25) is 9.78 Å². The number of carbonyl (C=O) groups is 1. The first-order chi connectivity index (χ1) is 13.6. The van der Waals surface area contributed by atoms with Crippen LogP contribution in [0.1, 0.15) is 67.2 Å². The summed E-state index contributed by atoms with van der Waals surface area (Å²) in [6.45, 7) is 4.18. The van der Waals surface area contributed by atoms with Gasteiger partial charge in [-0.15, -0.1) is 11.3 Å². The summed E-state index contributed by atoms with van der Waals surface area (Å²) in [6, 6.07) is 4.19. The second kappa shape index (κ2) is 6.94. The zero-order chi connectivity index (χ0) is 19.3. The van der Waals surface area contributed by atoms with Crippen LogP contribution in [0.25, 0.3) is 10.6 Å². The smallest absolute Gasteiger partial charge is 0.263 e. The molecule has 0 aliphatic heterocycles. The standard InChI is InChI=1S/C23H29N3OS/c1-3-19(23-10-15-7-16(11-23)9-17(8-15)12-23)26-21(27)20-14(2)25-22(28-20)18-5-4-6-24-13-18/h4-6,13,15-17,19H,3,7-12H2,1-2H3,(H,26,27)/t15?,16?,17?,19-,23?/m1/s1. The van der Waals surface area contributed by atoms with E-state index < -0.39 is 0 Å². The topological polar surface area (TPSA) is 54.9 Å². The Kier molecular flexibility index (Phi) is 4.53. The second-order valence-electron chi connectivity index (χ2n) is 9.39.